The third-order valence-corrected chi connectivity index (χ3v) is 2.53. The third kappa shape index (κ3) is 1.54. The zero-order valence-electron chi connectivity index (χ0n) is 7.64. The molecule has 2 N–H and O–H groups in total. The van der Waals surface area contributed by atoms with Crippen LogP contribution in [0.2, 0.25) is 0 Å². The van der Waals surface area contributed by atoms with Gasteiger partial charge < -0.3 is 10.4 Å². The van der Waals surface area contributed by atoms with Crippen molar-refractivity contribution in [1.82, 2.24) is 10.3 Å². The zero-order chi connectivity index (χ0) is 9.97. The number of rotatable bonds is 1. The second-order valence-corrected chi connectivity index (χ2v) is 3.44. The Morgan fingerprint density at radius 1 is 1.50 bits per heavy atom. The van der Waals surface area contributed by atoms with Gasteiger partial charge in [0.1, 0.15) is 5.75 Å². The molecule has 0 saturated carbocycles. The second kappa shape index (κ2) is 3.64. The molecule has 0 spiro atoms. The zero-order valence-corrected chi connectivity index (χ0v) is 7.64. The van der Waals surface area contributed by atoms with Crippen LogP contribution in [0.1, 0.15) is 11.6 Å². The Hall–Kier alpha value is -1.60. The first-order valence-electron chi connectivity index (χ1n) is 4.56. The highest BCUT2D eigenvalue weighted by molar-refractivity contribution is 5.23. The molecular formula is C10H11N3O. The molecule has 1 aromatic heterocycles. The lowest BCUT2D eigenvalue weighted by atomic mass is 9.94. The molecule has 0 bridgehead atoms. The number of aromatic hydroxyl groups is 1. The number of pyridine rings is 1. The van der Waals surface area contributed by atoms with Gasteiger partial charge in [0, 0.05) is 24.7 Å². The highest BCUT2D eigenvalue weighted by atomic mass is 16.3. The molecule has 14 heavy (non-hydrogen) atoms. The van der Waals surface area contributed by atoms with Gasteiger partial charge in [0.05, 0.1) is 18.2 Å². The predicted octanol–water partition coefficient (Wildman–Crippen LogP) is 0.614. The Balaban J connectivity index is 2.23. The molecule has 0 radical (unpaired) electrons. The maximum absolute atomic E-state index is 9.08. The van der Waals surface area contributed by atoms with E-state index in [-0.39, 0.29) is 17.6 Å². The number of nitrogens with one attached hydrogen (secondary N) is 1. The van der Waals surface area contributed by atoms with Crippen LogP contribution in [-0.2, 0) is 0 Å². The molecule has 0 aliphatic carbocycles. The van der Waals surface area contributed by atoms with Gasteiger partial charge in [-0.1, -0.05) is 0 Å². The van der Waals surface area contributed by atoms with Gasteiger partial charge in [-0.05, 0) is 12.1 Å². The first-order chi connectivity index (χ1) is 6.81. The summed E-state index contributed by atoms with van der Waals surface area (Å²) in [6, 6.07) is 5.64. The highest BCUT2D eigenvalue weighted by Crippen LogP contribution is 2.26. The van der Waals surface area contributed by atoms with E-state index in [1.54, 1.807) is 12.1 Å². The Bertz CT molecular complexity index is 355. The fraction of sp³-hybridized carbons (Fsp3) is 0.400. The maximum atomic E-state index is 9.08. The van der Waals surface area contributed by atoms with E-state index in [0.717, 1.165) is 18.8 Å². The van der Waals surface area contributed by atoms with Crippen molar-refractivity contribution in [3.8, 4) is 11.8 Å². The summed E-state index contributed by atoms with van der Waals surface area (Å²) in [6.07, 6.45) is 1.42. The average molecular weight is 189 g/mol. The van der Waals surface area contributed by atoms with Gasteiger partial charge in [-0.2, -0.15) is 5.26 Å². The van der Waals surface area contributed by atoms with Crippen molar-refractivity contribution in [2.24, 2.45) is 5.92 Å². The van der Waals surface area contributed by atoms with Gasteiger partial charge in [0.2, 0.25) is 0 Å². The molecule has 1 aromatic rings. The second-order valence-electron chi connectivity index (χ2n) is 3.44. The molecule has 1 saturated heterocycles. The van der Waals surface area contributed by atoms with Crippen LogP contribution in [0.15, 0.2) is 18.3 Å². The van der Waals surface area contributed by atoms with Gasteiger partial charge in [-0.15, -0.1) is 0 Å². The van der Waals surface area contributed by atoms with Crippen LogP contribution < -0.4 is 5.32 Å². The van der Waals surface area contributed by atoms with Crippen LogP contribution in [0.5, 0.6) is 5.75 Å². The molecule has 2 atom stereocenters. The van der Waals surface area contributed by atoms with Crippen molar-refractivity contribution < 1.29 is 5.11 Å². The van der Waals surface area contributed by atoms with Crippen LogP contribution in [0.3, 0.4) is 0 Å². The lowest BCUT2D eigenvalue weighted by Crippen LogP contribution is -2.09. The van der Waals surface area contributed by atoms with Crippen molar-refractivity contribution in [2.45, 2.75) is 5.92 Å². The van der Waals surface area contributed by atoms with Crippen molar-refractivity contribution in [3.63, 3.8) is 0 Å². The first-order valence-corrected chi connectivity index (χ1v) is 4.56. The Morgan fingerprint density at radius 3 is 3.00 bits per heavy atom. The Morgan fingerprint density at radius 2 is 2.36 bits per heavy atom. The van der Waals surface area contributed by atoms with E-state index in [9.17, 15) is 0 Å². The lowest BCUT2D eigenvalue weighted by Gasteiger charge is -2.10. The molecule has 2 rings (SSSR count). The number of nitriles is 1. The van der Waals surface area contributed by atoms with Crippen molar-refractivity contribution in [3.05, 3.63) is 24.0 Å². The summed E-state index contributed by atoms with van der Waals surface area (Å²) in [4.78, 5) is 4.12. The van der Waals surface area contributed by atoms with E-state index < -0.39 is 0 Å². The lowest BCUT2D eigenvalue weighted by molar-refractivity contribution is 0.471. The Labute approximate surface area is 82.2 Å². The van der Waals surface area contributed by atoms with E-state index in [1.807, 2.05) is 0 Å². The summed E-state index contributed by atoms with van der Waals surface area (Å²) in [5.74, 6) is 0.306. The number of aromatic nitrogens is 1. The molecule has 1 aliphatic rings. The van der Waals surface area contributed by atoms with E-state index >= 15 is 0 Å². The van der Waals surface area contributed by atoms with E-state index in [0.29, 0.717) is 0 Å². The highest BCUT2D eigenvalue weighted by Gasteiger charge is 2.29. The van der Waals surface area contributed by atoms with Crippen LogP contribution >= 0.6 is 0 Å². The quantitative estimate of drug-likeness (QED) is 0.679. The fourth-order valence-electron chi connectivity index (χ4n) is 1.74. The molecule has 4 heteroatoms. The summed E-state index contributed by atoms with van der Waals surface area (Å²) in [7, 11) is 0. The average Bonchev–Trinajstić information content (AvgIpc) is 2.67. The first kappa shape index (κ1) is 8.97. The van der Waals surface area contributed by atoms with E-state index in [4.69, 9.17) is 10.4 Å². The summed E-state index contributed by atoms with van der Waals surface area (Å²) < 4.78 is 0. The predicted molar refractivity (Wildman–Crippen MR) is 50.6 cm³/mol. The minimum atomic E-state index is -0.00737. The van der Waals surface area contributed by atoms with Crippen molar-refractivity contribution in [2.75, 3.05) is 13.1 Å². The summed E-state index contributed by atoms with van der Waals surface area (Å²) in [6.45, 7) is 1.51. The molecule has 0 aromatic carbocycles. The molecule has 72 valence electrons. The Kier molecular flexibility index (Phi) is 2.33. The summed E-state index contributed by atoms with van der Waals surface area (Å²) in [5, 5.41) is 21.1. The van der Waals surface area contributed by atoms with Gasteiger partial charge in [-0.25, -0.2) is 0 Å². The normalized spacial score (nSPS) is 25.9. The molecule has 2 unspecified atom stereocenters. The van der Waals surface area contributed by atoms with Crippen LogP contribution in [0.25, 0.3) is 0 Å². The number of hydrogen-bond donors (Lipinski definition) is 2. The summed E-state index contributed by atoms with van der Waals surface area (Å²) >= 11 is 0. The SMILES string of the molecule is N#CC1CNCC1c1ccc(O)cn1. The van der Waals surface area contributed by atoms with Gasteiger partial charge in [0.25, 0.3) is 0 Å². The van der Waals surface area contributed by atoms with E-state index in [1.165, 1.54) is 6.20 Å². The van der Waals surface area contributed by atoms with Gasteiger partial charge >= 0.3 is 0 Å². The summed E-state index contributed by atoms with van der Waals surface area (Å²) in [5.41, 5.74) is 0.874. The third-order valence-electron chi connectivity index (χ3n) is 2.53. The topological polar surface area (TPSA) is 68.9 Å². The van der Waals surface area contributed by atoms with Crippen LogP contribution in [0, 0.1) is 17.2 Å². The van der Waals surface area contributed by atoms with Crippen molar-refractivity contribution in [1.29, 1.82) is 5.26 Å². The van der Waals surface area contributed by atoms with Crippen molar-refractivity contribution >= 4 is 0 Å². The molecule has 0 amide bonds. The monoisotopic (exact) mass is 189 g/mol. The smallest absolute Gasteiger partial charge is 0.133 e. The molecule has 2 heterocycles. The van der Waals surface area contributed by atoms with Crippen LogP contribution in [-0.4, -0.2) is 23.2 Å². The van der Waals surface area contributed by atoms with Gasteiger partial charge in [0.15, 0.2) is 0 Å². The van der Waals surface area contributed by atoms with Crippen LogP contribution in [0.4, 0.5) is 0 Å². The minimum absolute atomic E-state index is 0.00737. The van der Waals surface area contributed by atoms with E-state index in [2.05, 4.69) is 16.4 Å². The number of hydrogen-bond acceptors (Lipinski definition) is 4. The number of nitrogens with zero attached hydrogens (tertiary/aromatic N) is 2. The molecule has 1 aliphatic heterocycles. The molecule has 4 nitrogen and oxygen atoms in total. The standard InChI is InChI=1S/C10H11N3O/c11-3-7-4-12-6-9(7)10-2-1-8(14)5-13-10/h1-2,5,7,9,12,14H,4,6H2. The van der Waals surface area contributed by atoms with Gasteiger partial charge in [-0.3, -0.25) is 4.98 Å². The maximum Gasteiger partial charge on any atom is 0.133 e. The molecule has 1 fully saturated rings. The minimum Gasteiger partial charge on any atom is -0.506 e. The molecular weight excluding hydrogens is 178 g/mol. The largest absolute Gasteiger partial charge is 0.506 e. The fourth-order valence-corrected chi connectivity index (χ4v) is 1.74.